The zero-order chi connectivity index (χ0) is 19.7. The highest BCUT2D eigenvalue weighted by atomic mass is 35.5. The van der Waals surface area contributed by atoms with Crippen LogP contribution in [-0.2, 0) is 27.3 Å². The number of carbonyl (C=O) groups is 2. The van der Waals surface area contributed by atoms with Crippen LogP contribution in [-0.4, -0.2) is 42.5 Å². The third kappa shape index (κ3) is 4.03. The van der Waals surface area contributed by atoms with Gasteiger partial charge >= 0.3 is 11.8 Å². The quantitative estimate of drug-likeness (QED) is 0.698. The molecule has 1 aromatic rings. The first-order valence-corrected chi connectivity index (χ1v) is 10.9. The average Bonchev–Trinajstić information content (AvgIpc) is 2.72. The summed E-state index contributed by atoms with van der Waals surface area (Å²) in [5, 5.41) is 4.05. The van der Waals surface area contributed by atoms with Crippen LogP contribution in [0.5, 0.6) is 0 Å². The number of rotatable bonds is 1. The van der Waals surface area contributed by atoms with Crippen LogP contribution >= 0.6 is 23.2 Å². The molecular weight excluding hydrogens is 399 g/mol. The van der Waals surface area contributed by atoms with Gasteiger partial charge in [-0.2, -0.15) is 0 Å². The van der Waals surface area contributed by atoms with Crippen molar-refractivity contribution in [3.63, 3.8) is 0 Å². The number of carbonyl (C=O) groups excluding carboxylic acids is 2. The first-order valence-electron chi connectivity index (χ1n) is 10.1. The molecule has 1 aliphatic carbocycles. The summed E-state index contributed by atoms with van der Waals surface area (Å²) < 4.78 is 5.49. The average molecular weight is 425 g/mol. The molecule has 28 heavy (non-hydrogen) atoms. The summed E-state index contributed by atoms with van der Waals surface area (Å²) >= 11 is 12.3. The van der Waals surface area contributed by atoms with Crippen molar-refractivity contribution in [2.75, 3.05) is 19.8 Å². The Labute approximate surface area is 175 Å². The maximum Gasteiger partial charge on any atom is 0.312 e. The van der Waals surface area contributed by atoms with Crippen LogP contribution in [0.15, 0.2) is 12.1 Å². The fraction of sp³-hybridized carbons (Fsp3) is 0.619. The Hall–Kier alpha value is -1.30. The minimum Gasteiger partial charge on any atom is -0.381 e. The molecule has 1 saturated heterocycles. The minimum absolute atomic E-state index is 0.0928. The SMILES string of the molecule is O=C(NC1CCC2(CCOCC2)CC1)C(=O)N1CCc2c(ccc(Cl)c2Cl)C1. The van der Waals surface area contributed by atoms with Gasteiger partial charge in [0.15, 0.2) is 0 Å². The summed E-state index contributed by atoms with van der Waals surface area (Å²) in [5.74, 6) is -0.945. The number of hydrogen-bond donors (Lipinski definition) is 1. The van der Waals surface area contributed by atoms with Crippen LogP contribution in [0.25, 0.3) is 0 Å². The van der Waals surface area contributed by atoms with Gasteiger partial charge in [0.2, 0.25) is 0 Å². The molecular formula is C21H26Cl2N2O3. The Balaban J connectivity index is 1.32. The number of hydrogen-bond acceptors (Lipinski definition) is 3. The monoisotopic (exact) mass is 424 g/mol. The van der Waals surface area contributed by atoms with E-state index in [0.29, 0.717) is 35.0 Å². The van der Waals surface area contributed by atoms with Gasteiger partial charge in [0.05, 0.1) is 10.0 Å². The van der Waals surface area contributed by atoms with Crippen molar-refractivity contribution < 1.29 is 14.3 Å². The molecule has 1 aromatic carbocycles. The van der Waals surface area contributed by atoms with E-state index in [1.54, 1.807) is 11.0 Å². The van der Waals surface area contributed by atoms with E-state index in [2.05, 4.69) is 5.32 Å². The van der Waals surface area contributed by atoms with Crippen LogP contribution in [0.1, 0.15) is 49.7 Å². The molecule has 3 aliphatic rings. The molecule has 2 aliphatic heterocycles. The van der Waals surface area contributed by atoms with E-state index in [0.717, 1.165) is 62.9 Å². The standard InChI is InChI=1S/C21H26Cl2N2O3/c22-17-2-1-14-13-25(10-5-16(14)18(17)23)20(27)19(26)24-15-3-6-21(7-4-15)8-11-28-12-9-21/h1-2,15H,3-13H2,(H,24,26). The number of halogens is 2. The lowest BCUT2D eigenvalue weighted by atomic mass is 9.68. The Morgan fingerprint density at radius 1 is 1.11 bits per heavy atom. The number of nitrogens with one attached hydrogen (secondary N) is 1. The molecule has 152 valence electrons. The smallest absolute Gasteiger partial charge is 0.312 e. The molecule has 0 unspecified atom stereocenters. The molecule has 0 radical (unpaired) electrons. The molecule has 0 bridgehead atoms. The largest absolute Gasteiger partial charge is 0.381 e. The van der Waals surface area contributed by atoms with Gasteiger partial charge in [-0.3, -0.25) is 9.59 Å². The summed E-state index contributed by atoms with van der Waals surface area (Å²) in [4.78, 5) is 26.8. The summed E-state index contributed by atoms with van der Waals surface area (Å²) in [6.07, 6.45) is 6.93. The normalized spacial score (nSPS) is 22.0. The van der Waals surface area contributed by atoms with Gasteiger partial charge in [0.1, 0.15) is 0 Å². The van der Waals surface area contributed by atoms with E-state index >= 15 is 0 Å². The van der Waals surface area contributed by atoms with Gasteiger partial charge < -0.3 is 15.0 Å². The van der Waals surface area contributed by atoms with Crippen LogP contribution in [0.4, 0.5) is 0 Å². The summed E-state index contributed by atoms with van der Waals surface area (Å²) in [7, 11) is 0. The number of nitrogens with zero attached hydrogens (tertiary/aromatic N) is 1. The second-order valence-corrected chi connectivity index (χ2v) is 9.12. The molecule has 1 spiro atoms. The Morgan fingerprint density at radius 2 is 1.82 bits per heavy atom. The molecule has 4 rings (SSSR count). The topological polar surface area (TPSA) is 58.6 Å². The van der Waals surface area contributed by atoms with E-state index in [9.17, 15) is 9.59 Å². The second kappa shape index (κ2) is 8.21. The van der Waals surface area contributed by atoms with Gasteiger partial charge in [-0.1, -0.05) is 29.3 Å². The van der Waals surface area contributed by atoms with Crippen LogP contribution < -0.4 is 5.32 Å². The maximum absolute atomic E-state index is 12.7. The highest BCUT2D eigenvalue weighted by molar-refractivity contribution is 6.42. The third-order valence-corrected chi connectivity index (χ3v) is 7.55. The maximum atomic E-state index is 12.7. The second-order valence-electron chi connectivity index (χ2n) is 8.34. The van der Waals surface area contributed by atoms with E-state index in [1.807, 2.05) is 6.07 Å². The lowest BCUT2D eigenvalue weighted by Crippen LogP contribution is -2.49. The number of benzene rings is 1. The van der Waals surface area contributed by atoms with Crippen LogP contribution in [0.2, 0.25) is 10.0 Å². The molecule has 0 aromatic heterocycles. The van der Waals surface area contributed by atoms with Gasteiger partial charge in [0, 0.05) is 32.3 Å². The van der Waals surface area contributed by atoms with E-state index in [1.165, 1.54) is 0 Å². The van der Waals surface area contributed by atoms with Gasteiger partial charge in [-0.05, 0) is 67.6 Å². The Kier molecular flexibility index (Phi) is 5.86. The van der Waals surface area contributed by atoms with Crippen LogP contribution in [0.3, 0.4) is 0 Å². The van der Waals surface area contributed by atoms with Crippen molar-refractivity contribution in [2.24, 2.45) is 5.41 Å². The summed E-state index contributed by atoms with van der Waals surface area (Å²) in [5.41, 5.74) is 2.33. The minimum atomic E-state index is -0.489. The van der Waals surface area contributed by atoms with Crippen molar-refractivity contribution in [3.05, 3.63) is 33.3 Å². The molecule has 2 amide bonds. The van der Waals surface area contributed by atoms with E-state index in [-0.39, 0.29) is 6.04 Å². The molecule has 2 fully saturated rings. The third-order valence-electron chi connectivity index (χ3n) is 6.70. The highest BCUT2D eigenvalue weighted by Gasteiger charge is 2.37. The van der Waals surface area contributed by atoms with Crippen molar-refractivity contribution in [1.82, 2.24) is 10.2 Å². The van der Waals surface area contributed by atoms with Crippen molar-refractivity contribution >= 4 is 35.0 Å². The molecule has 2 heterocycles. The van der Waals surface area contributed by atoms with Crippen molar-refractivity contribution in [3.8, 4) is 0 Å². The van der Waals surface area contributed by atoms with Gasteiger partial charge in [-0.25, -0.2) is 0 Å². The van der Waals surface area contributed by atoms with Crippen LogP contribution in [0, 0.1) is 5.41 Å². The van der Waals surface area contributed by atoms with Gasteiger partial charge in [0.25, 0.3) is 0 Å². The zero-order valence-corrected chi connectivity index (χ0v) is 17.4. The predicted molar refractivity (Wildman–Crippen MR) is 108 cm³/mol. The molecule has 5 nitrogen and oxygen atoms in total. The first kappa shape index (κ1) is 20.0. The van der Waals surface area contributed by atoms with Crippen molar-refractivity contribution in [1.29, 1.82) is 0 Å². The molecule has 1 saturated carbocycles. The molecule has 0 atom stereocenters. The number of ether oxygens (including phenoxy) is 1. The number of amides is 2. The predicted octanol–water partition coefficient (Wildman–Crippen LogP) is 3.73. The Bertz CT molecular complexity index is 767. The lowest BCUT2D eigenvalue weighted by Gasteiger charge is -2.43. The molecule has 1 N–H and O–H groups in total. The Morgan fingerprint density at radius 3 is 2.54 bits per heavy atom. The van der Waals surface area contributed by atoms with E-state index in [4.69, 9.17) is 27.9 Å². The zero-order valence-electron chi connectivity index (χ0n) is 15.9. The number of fused-ring (bicyclic) bond motifs is 1. The highest BCUT2D eigenvalue weighted by Crippen LogP contribution is 2.44. The van der Waals surface area contributed by atoms with Crippen molar-refractivity contribution in [2.45, 2.75) is 57.5 Å². The first-order chi connectivity index (χ1) is 13.5. The lowest BCUT2D eigenvalue weighted by molar-refractivity contribution is -0.147. The summed E-state index contributed by atoms with van der Waals surface area (Å²) in [6.45, 7) is 2.57. The fourth-order valence-electron chi connectivity index (χ4n) is 4.83. The molecule has 7 heteroatoms. The van der Waals surface area contributed by atoms with E-state index < -0.39 is 11.8 Å². The fourth-order valence-corrected chi connectivity index (χ4v) is 5.28. The van der Waals surface area contributed by atoms with Gasteiger partial charge in [-0.15, -0.1) is 0 Å². The summed E-state index contributed by atoms with van der Waals surface area (Å²) in [6, 6.07) is 3.72.